The van der Waals surface area contributed by atoms with Gasteiger partial charge in [-0.3, -0.25) is 4.31 Å². The lowest BCUT2D eigenvalue weighted by Gasteiger charge is -2.18. The van der Waals surface area contributed by atoms with Gasteiger partial charge in [-0.15, -0.1) is 0 Å². The number of hydrogen-bond acceptors (Lipinski definition) is 4. The second kappa shape index (κ2) is 6.56. The molecule has 0 aliphatic carbocycles. The summed E-state index contributed by atoms with van der Waals surface area (Å²) in [4.78, 5) is 4.08. The average Bonchev–Trinajstić information content (AvgIpc) is 2.29. The number of aryl methyl sites for hydroxylation is 1. The summed E-state index contributed by atoms with van der Waals surface area (Å²) in [6.07, 6.45) is 2.75. The number of pyridine rings is 1. The minimum absolute atomic E-state index is 0.268. The van der Waals surface area contributed by atoms with Gasteiger partial charge in [-0.2, -0.15) is 0 Å². The molecule has 0 saturated heterocycles. The molecule has 17 heavy (non-hydrogen) atoms. The summed E-state index contributed by atoms with van der Waals surface area (Å²) in [5.41, 5.74) is 7.22. The lowest BCUT2D eigenvalue weighted by molar-refractivity contribution is 0.599. The third-order valence-electron chi connectivity index (χ3n) is 2.10. The van der Waals surface area contributed by atoms with Gasteiger partial charge in [-0.25, -0.2) is 13.4 Å². The summed E-state index contributed by atoms with van der Waals surface area (Å²) in [5.74, 6) is 0.394. The summed E-state index contributed by atoms with van der Waals surface area (Å²) < 4.78 is 23.8. The summed E-state index contributed by atoms with van der Waals surface area (Å²) in [7, 11) is -1.82. The van der Waals surface area contributed by atoms with E-state index in [4.69, 9.17) is 5.73 Å². The molecule has 5 nitrogen and oxygen atoms in total. The topological polar surface area (TPSA) is 76.3 Å². The van der Waals surface area contributed by atoms with Crippen LogP contribution in [0, 0.1) is 6.92 Å². The van der Waals surface area contributed by atoms with E-state index < -0.39 is 10.0 Å². The van der Waals surface area contributed by atoms with Crippen LogP contribution in [-0.2, 0) is 16.6 Å². The minimum Gasteiger partial charge on any atom is -0.326 e. The molecule has 0 aromatic carbocycles. The van der Waals surface area contributed by atoms with Crippen LogP contribution in [0.5, 0.6) is 0 Å². The van der Waals surface area contributed by atoms with E-state index in [2.05, 4.69) is 4.98 Å². The molecule has 1 heterocycles. The number of sulfonamides is 1. The van der Waals surface area contributed by atoms with Gasteiger partial charge < -0.3 is 5.73 Å². The Labute approximate surface area is 104 Å². The van der Waals surface area contributed by atoms with Crippen LogP contribution in [0.2, 0.25) is 0 Å². The molecule has 98 valence electrons. The predicted molar refractivity (Wildman–Crippen MR) is 71.5 cm³/mol. The first kappa shape index (κ1) is 15.9. The monoisotopic (exact) mass is 259 g/mol. The van der Waals surface area contributed by atoms with E-state index in [1.54, 1.807) is 6.20 Å². The zero-order valence-corrected chi connectivity index (χ0v) is 11.9. The largest absolute Gasteiger partial charge is 0.326 e. The third-order valence-corrected chi connectivity index (χ3v) is 3.26. The summed E-state index contributed by atoms with van der Waals surface area (Å²) in [5, 5.41) is 0. The average molecular weight is 259 g/mol. The van der Waals surface area contributed by atoms with E-state index >= 15 is 0 Å². The van der Waals surface area contributed by atoms with E-state index in [0.29, 0.717) is 5.82 Å². The quantitative estimate of drug-likeness (QED) is 0.887. The van der Waals surface area contributed by atoms with Gasteiger partial charge in [0, 0.05) is 25.4 Å². The van der Waals surface area contributed by atoms with E-state index in [-0.39, 0.29) is 6.54 Å². The van der Waals surface area contributed by atoms with Crippen molar-refractivity contribution >= 4 is 15.8 Å². The standard InChI is InChI=1S/C9H15N3O2S.C2H6/c1-7-4-8(5-10)9(11-6-7)12(2)15(3,13)14;1-2/h4,6H,5,10H2,1-3H3;1-2H3. The number of nitrogens with two attached hydrogens (primary N) is 1. The van der Waals surface area contributed by atoms with Crippen LogP contribution in [0.4, 0.5) is 5.82 Å². The molecule has 2 N–H and O–H groups in total. The van der Waals surface area contributed by atoms with Crippen molar-refractivity contribution in [3.8, 4) is 0 Å². The van der Waals surface area contributed by atoms with Crippen LogP contribution < -0.4 is 10.0 Å². The zero-order chi connectivity index (χ0) is 13.6. The highest BCUT2D eigenvalue weighted by molar-refractivity contribution is 7.92. The van der Waals surface area contributed by atoms with E-state index in [1.165, 1.54) is 7.05 Å². The molecule has 0 bridgehead atoms. The van der Waals surface area contributed by atoms with Gasteiger partial charge in [0.2, 0.25) is 10.0 Å². The molecule has 1 aromatic rings. The van der Waals surface area contributed by atoms with E-state index in [1.807, 2.05) is 26.8 Å². The summed E-state index contributed by atoms with van der Waals surface area (Å²) in [6.45, 7) is 6.15. The molecule has 0 unspecified atom stereocenters. The Bertz CT molecular complexity index is 458. The highest BCUT2D eigenvalue weighted by Gasteiger charge is 2.16. The molecule has 6 heteroatoms. The van der Waals surface area contributed by atoms with Crippen LogP contribution in [-0.4, -0.2) is 26.7 Å². The van der Waals surface area contributed by atoms with Gasteiger partial charge in [-0.1, -0.05) is 13.8 Å². The van der Waals surface area contributed by atoms with Crippen LogP contribution in [0.25, 0.3) is 0 Å². The molecule has 0 saturated carbocycles. The van der Waals surface area contributed by atoms with Crippen molar-refractivity contribution in [2.45, 2.75) is 27.3 Å². The van der Waals surface area contributed by atoms with Crippen molar-refractivity contribution in [1.82, 2.24) is 4.98 Å². The summed E-state index contributed by atoms with van der Waals surface area (Å²) in [6, 6.07) is 1.84. The zero-order valence-electron chi connectivity index (χ0n) is 11.1. The van der Waals surface area contributed by atoms with Crippen molar-refractivity contribution in [2.75, 3.05) is 17.6 Å². The molecular weight excluding hydrogens is 238 g/mol. The number of nitrogens with zero attached hydrogens (tertiary/aromatic N) is 2. The number of hydrogen-bond donors (Lipinski definition) is 1. The smallest absolute Gasteiger partial charge is 0.233 e. The molecule has 0 aliphatic heterocycles. The first-order valence-corrected chi connectivity index (χ1v) is 7.30. The fourth-order valence-corrected chi connectivity index (χ4v) is 1.69. The molecular formula is C11H21N3O2S. The van der Waals surface area contributed by atoms with Crippen molar-refractivity contribution < 1.29 is 8.42 Å². The Kier molecular flexibility index (Phi) is 6.12. The predicted octanol–water partition coefficient (Wildman–Crippen LogP) is 1.27. The Balaban J connectivity index is 0.00000121. The van der Waals surface area contributed by atoms with Crippen molar-refractivity contribution in [3.63, 3.8) is 0 Å². The lowest BCUT2D eigenvalue weighted by atomic mass is 10.2. The fourth-order valence-electron chi connectivity index (χ4n) is 1.21. The highest BCUT2D eigenvalue weighted by atomic mass is 32.2. The van der Waals surface area contributed by atoms with Crippen LogP contribution in [0.3, 0.4) is 0 Å². The SMILES string of the molecule is CC.Cc1cnc(N(C)S(C)(=O)=O)c(CN)c1. The van der Waals surface area contributed by atoms with Gasteiger partial charge in [-0.05, 0) is 18.6 Å². The number of anilines is 1. The van der Waals surface area contributed by atoms with Crippen molar-refractivity contribution in [3.05, 3.63) is 23.4 Å². The Morgan fingerprint density at radius 3 is 2.35 bits per heavy atom. The Hall–Kier alpha value is -1.14. The Morgan fingerprint density at radius 1 is 1.41 bits per heavy atom. The first-order valence-electron chi connectivity index (χ1n) is 5.45. The Morgan fingerprint density at radius 2 is 1.94 bits per heavy atom. The van der Waals surface area contributed by atoms with Gasteiger partial charge >= 0.3 is 0 Å². The second-order valence-electron chi connectivity index (χ2n) is 3.43. The normalized spacial score (nSPS) is 10.5. The first-order chi connectivity index (χ1) is 7.86. The molecule has 0 amide bonds. The number of rotatable bonds is 3. The maximum Gasteiger partial charge on any atom is 0.233 e. The van der Waals surface area contributed by atoms with Crippen molar-refractivity contribution in [2.24, 2.45) is 5.73 Å². The van der Waals surface area contributed by atoms with Gasteiger partial charge in [0.05, 0.1) is 6.26 Å². The maximum absolute atomic E-state index is 11.3. The molecule has 1 rings (SSSR count). The fraction of sp³-hybridized carbons (Fsp3) is 0.545. The summed E-state index contributed by atoms with van der Waals surface area (Å²) >= 11 is 0. The molecule has 1 aromatic heterocycles. The van der Waals surface area contributed by atoms with Crippen LogP contribution >= 0.6 is 0 Å². The van der Waals surface area contributed by atoms with E-state index in [0.717, 1.165) is 21.7 Å². The van der Waals surface area contributed by atoms with Crippen molar-refractivity contribution in [1.29, 1.82) is 0 Å². The molecule has 0 radical (unpaired) electrons. The molecule has 0 atom stereocenters. The van der Waals surface area contributed by atoms with E-state index in [9.17, 15) is 8.42 Å². The minimum atomic E-state index is -3.29. The maximum atomic E-state index is 11.3. The second-order valence-corrected chi connectivity index (χ2v) is 5.44. The van der Waals surface area contributed by atoms with Gasteiger partial charge in [0.15, 0.2) is 0 Å². The molecule has 0 aliphatic rings. The third kappa shape index (κ3) is 4.32. The molecule has 0 spiro atoms. The van der Waals surface area contributed by atoms with Gasteiger partial charge in [0.1, 0.15) is 5.82 Å². The number of aromatic nitrogens is 1. The lowest BCUT2D eigenvalue weighted by Crippen LogP contribution is -2.27. The van der Waals surface area contributed by atoms with Crippen LogP contribution in [0.15, 0.2) is 12.3 Å². The highest BCUT2D eigenvalue weighted by Crippen LogP contribution is 2.18. The van der Waals surface area contributed by atoms with Gasteiger partial charge in [0.25, 0.3) is 0 Å². The molecule has 0 fully saturated rings. The van der Waals surface area contributed by atoms with Crippen LogP contribution in [0.1, 0.15) is 25.0 Å².